The average molecular weight is 349 g/mol. The number of aryl methyl sites for hydroxylation is 1. The highest BCUT2D eigenvalue weighted by Gasteiger charge is 2.17. The van der Waals surface area contributed by atoms with Crippen molar-refractivity contribution < 1.29 is 14.3 Å². The Morgan fingerprint density at radius 1 is 1.33 bits per heavy atom. The fraction of sp³-hybridized carbons (Fsp3) is 0.0667. The number of carboxylic acids is 1. The summed E-state index contributed by atoms with van der Waals surface area (Å²) in [6.07, 6.45) is 0. The van der Waals surface area contributed by atoms with Crippen LogP contribution in [-0.2, 0) is 0 Å². The molecular weight excluding hydrogens is 339 g/mol. The lowest BCUT2D eigenvalue weighted by atomic mass is 10.2. The molecule has 0 aliphatic heterocycles. The van der Waals surface area contributed by atoms with Crippen LogP contribution >= 0.6 is 15.9 Å². The number of carboxylic acid groups (broad SMARTS) is 1. The summed E-state index contributed by atoms with van der Waals surface area (Å²) in [7, 11) is 0. The maximum absolute atomic E-state index is 14.2. The molecule has 0 aliphatic rings. The van der Waals surface area contributed by atoms with E-state index in [2.05, 4.69) is 20.9 Å². The summed E-state index contributed by atoms with van der Waals surface area (Å²) in [5.41, 5.74) is 1.35. The van der Waals surface area contributed by atoms with E-state index in [-0.39, 0.29) is 5.56 Å². The molecule has 0 aliphatic carbocycles. The molecule has 21 heavy (non-hydrogen) atoms. The molecule has 1 N–H and O–H groups in total. The predicted molar refractivity (Wildman–Crippen MR) is 80.4 cm³/mol. The van der Waals surface area contributed by atoms with Gasteiger partial charge in [0, 0.05) is 4.47 Å². The summed E-state index contributed by atoms with van der Waals surface area (Å²) < 4.78 is 16.4. The van der Waals surface area contributed by atoms with Crippen LogP contribution in [-0.4, -0.2) is 20.6 Å². The first-order chi connectivity index (χ1) is 9.99. The van der Waals surface area contributed by atoms with Crippen LogP contribution in [0.4, 0.5) is 4.39 Å². The molecule has 3 aromatic rings. The molecule has 4 nitrogen and oxygen atoms in total. The average Bonchev–Trinajstić information content (AvgIpc) is 2.74. The number of nitrogens with zero attached hydrogens (tertiary/aromatic N) is 2. The Bertz CT molecular complexity index is 873. The van der Waals surface area contributed by atoms with Crippen LogP contribution in [0.2, 0.25) is 0 Å². The van der Waals surface area contributed by atoms with Gasteiger partial charge in [-0.1, -0.05) is 22.0 Å². The summed E-state index contributed by atoms with van der Waals surface area (Å²) in [6, 6.07) is 9.55. The summed E-state index contributed by atoms with van der Waals surface area (Å²) in [5.74, 6) is -0.936. The zero-order valence-corrected chi connectivity index (χ0v) is 12.6. The molecule has 0 fully saturated rings. The molecule has 1 aromatic heterocycles. The summed E-state index contributed by atoms with van der Waals surface area (Å²) in [6.45, 7) is 1.72. The zero-order valence-electron chi connectivity index (χ0n) is 11.0. The van der Waals surface area contributed by atoms with E-state index in [1.54, 1.807) is 35.8 Å². The Morgan fingerprint density at radius 3 is 2.76 bits per heavy atom. The lowest BCUT2D eigenvalue weighted by Crippen LogP contribution is -2.00. The van der Waals surface area contributed by atoms with E-state index in [4.69, 9.17) is 0 Å². The summed E-state index contributed by atoms with van der Waals surface area (Å²) in [4.78, 5) is 15.5. The highest BCUT2D eigenvalue weighted by Crippen LogP contribution is 2.26. The number of imidazole rings is 1. The zero-order chi connectivity index (χ0) is 15.1. The minimum absolute atomic E-state index is 0.104. The number of rotatable bonds is 2. The van der Waals surface area contributed by atoms with Crippen molar-refractivity contribution in [2.45, 2.75) is 6.92 Å². The second kappa shape index (κ2) is 4.96. The standard InChI is InChI=1S/C15H10BrFN2O2/c1-8-18-14-10(15(20)21)3-2-4-13(14)19(8)12-6-5-9(16)7-11(12)17/h2-7H,1H3,(H,20,21). The number of fused-ring (bicyclic) bond motifs is 1. The predicted octanol–water partition coefficient (Wildman–Crippen LogP) is 3.93. The number of hydrogen-bond donors (Lipinski definition) is 1. The maximum atomic E-state index is 14.2. The van der Waals surface area contributed by atoms with Gasteiger partial charge in [-0.3, -0.25) is 4.57 Å². The number of para-hydroxylation sites is 1. The van der Waals surface area contributed by atoms with Crippen molar-refractivity contribution in [3.8, 4) is 5.69 Å². The summed E-state index contributed by atoms with van der Waals surface area (Å²) >= 11 is 3.22. The van der Waals surface area contributed by atoms with Crippen molar-refractivity contribution >= 4 is 32.9 Å². The van der Waals surface area contributed by atoms with E-state index in [0.717, 1.165) is 0 Å². The number of aromatic carboxylic acids is 1. The third-order valence-electron chi connectivity index (χ3n) is 3.23. The Hall–Kier alpha value is -2.21. The van der Waals surface area contributed by atoms with E-state index >= 15 is 0 Å². The van der Waals surface area contributed by atoms with Crippen molar-refractivity contribution in [1.82, 2.24) is 9.55 Å². The molecular formula is C15H10BrFN2O2. The molecule has 0 spiro atoms. The van der Waals surface area contributed by atoms with Crippen molar-refractivity contribution in [2.24, 2.45) is 0 Å². The van der Waals surface area contributed by atoms with Gasteiger partial charge >= 0.3 is 5.97 Å². The fourth-order valence-electron chi connectivity index (χ4n) is 2.35. The fourth-order valence-corrected chi connectivity index (χ4v) is 2.69. The lowest BCUT2D eigenvalue weighted by molar-refractivity contribution is 0.0699. The molecule has 106 valence electrons. The highest BCUT2D eigenvalue weighted by molar-refractivity contribution is 9.10. The van der Waals surface area contributed by atoms with Gasteiger partial charge in [-0.05, 0) is 37.3 Å². The van der Waals surface area contributed by atoms with Crippen LogP contribution in [0, 0.1) is 12.7 Å². The van der Waals surface area contributed by atoms with Crippen molar-refractivity contribution in [3.05, 3.63) is 58.1 Å². The van der Waals surface area contributed by atoms with Gasteiger partial charge in [0.1, 0.15) is 17.2 Å². The van der Waals surface area contributed by atoms with E-state index in [1.165, 1.54) is 12.1 Å². The number of hydrogen-bond acceptors (Lipinski definition) is 2. The molecule has 0 saturated heterocycles. The lowest BCUT2D eigenvalue weighted by Gasteiger charge is -2.08. The molecule has 0 atom stereocenters. The van der Waals surface area contributed by atoms with Crippen LogP contribution in [0.5, 0.6) is 0 Å². The number of carbonyl (C=O) groups is 1. The first-order valence-corrected chi connectivity index (χ1v) is 6.95. The molecule has 0 bridgehead atoms. The van der Waals surface area contributed by atoms with Crippen LogP contribution in [0.15, 0.2) is 40.9 Å². The van der Waals surface area contributed by atoms with E-state index in [9.17, 15) is 14.3 Å². The van der Waals surface area contributed by atoms with Crippen LogP contribution in [0.25, 0.3) is 16.7 Å². The minimum Gasteiger partial charge on any atom is -0.478 e. The molecule has 0 unspecified atom stereocenters. The Balaban J connectivity index is 2.36. The van der Waals surface area contributed by atoms with Gasteiger partial charge in [0.15, 0.2) is 0 Å². The normalized spacial score (nSPS) is 11.0. The third kappa shape index (κ3) is 2.21. The molecule has 0 radical (unpaired) electrons. The van der Waals surface area contributed by atoms with Gasteiger partial charge in [-0.2, -0.15) is 0 Å². The van der Waals surface area contributed by atoms with Crippen molar-refractivity contribution in [3.63, 3.8) is 0 Å². The Labute approximate surface area is 128 Å². The second-order valence-electron chi connectivity index (χ2n) is 4.57. The molecule has 3 rings (SSSR count). The number of benzene rings is 2. The van der Waals surface area contributed by atoms with Crippen molar-refractivity contribution in [1.29, 1.82) is 0 Å². The Kier molecular flexibility index (Phi) is 3.25. The monoisotopic (exact) mass is 348 g/mol. The van der Waals surface area contributed by atoms with Crippen molar-refractivity contribution in [2.75, 3.05) is 0 Å². The quantitative estimate of drug-likeness (QED) is 0.763. The third-order valence-corrected chi connectivity index (χ3v) is 3.73. The van der Waals surface area contributed by atoms with Gasteiger partial charge in [-0.25, -0.2) is 14.2 Å². The van der Waals surface area contributed by atoms with Gasteiger partial charge in [0.25, 0.3) is 0 Å². The molecule has 0 saturated carbocycles. The first-order valence-electron chi connectivity index (χ1n) is 6.16. The van der Waals surface area contributed by atoms with Crippen LogP contribution in [0.1, 0.15) is 16.2 Å². The van der Waals surface area contributed by atoms with E-state index in [1.807, 2.05) is 0 Å². The molecule has 0 amide bonds. The largest absolute Gasteiger partial charge is 0.478 e. The van der Waals surface area contributed by atoms with Gasteiger partial charge in [0.2, 0.25) is 0 Å². The topological polar surface area (TPSA) is 55.1 Å². The highest BCUT2D eigenvalue weighted by atomic mass is 79.9. The van der Waals surface area contributed by atoms with Gasteiger partial charge in [0.05, 0.1) is 16.8 Å². The van der Waals surface area contributed by atoms with Crippen LogP contribution in [0.3, 0.4) is 0 Å². The molecule has 6 heteroatoms. The first kappa shape index (κ1) is 13.8. The smallest absolute Gasteiger partial charge is 0.337 e. The van der Waals surface area contributed by atoms with E-state index < -0.39 is 11.8 Å². The Morgan fingerprint density at radius 2 is 2.10 bits per heavy atom. The van der Waals surface area contributed by atoms with Gasteiger partial charge < -0.3 is 5.11 Å². The maximum Gasteiger partial charge on any atom is 0.337 e. The minimum atomic E-state index is -1.05. The SMILES string of the molecule is Cc1nc2c(C(=O)O)cccc2n1-c1ccc(Br)cc1F. The van der Waals surface area contributed by atoms with E-state index in [0.29, 0.717) is 27.0 Å². The second-order valence-corrected chi connectivity index (χ2v) is 5.48. The number of aromatic nitrogens is 2. The summed E-state index contributed by atoms with van der Waals surface area (Å²) in [5, 5.41) is 9.22. The number of halogens is 2. The molecule has 2 aromatic carbocycles. The van der Waals surface area contributed by atoms with Crippen LogP contribution < -0.4 is 0 Å². The van der Waals surface area contributed by atoms with Gasteiger partial charge in [-0.15, -0.1) is 0 Å². The molecule has 1 heterocycles.